The maximum atomic E-state index is 14.8. The first-order chi connectivity index (χ1) is 20.9. The van der Waals surface area contributed by atoms with Gasteiger partial charge in [0.2, 0.25) is 0 Å². The average Bonchev–Trinajstić information content (AvgIpc) is 3.69. The van der Waals surface area contributed by atoms with E-state index in [2.05, 4.69) is 30.9 Å². The van der Waals surface area contributed by atoms with Crippen molar-refractivity contribution in [1.82, 2.24) is 4.90 Å². The molecule has 2 saturated carbocycles. The molecule has 0 amide bonds. The van der Waals surface area contributed by atoms with Crippen molar-refractivity contribution in [2.24, 2.45) is 0 Å². The van der Waals surface area contributed by atoms with Crippen molar-refractivity contribution in [2.75, 3.05) is 13.1 Å². The van der Waals surface area contributed by atoms with Gasteiger partial charge in [-0.2, -0.15) is 31.6 Å². The second kappa shape index (κ2) is 15.7. The fraction of sp³-hybridized carbons (Fsp3) is 0.639. The second-order valence-electron chi connectivity index (χ2n) is 12.5. The fourth-order valence-corrected chi connectivity index (χ4v) is 7.76. The Labute approximate surface area is 259 Å². The van der Waals surface area contributed by atoms with Crippen molar-refractivity contribution in [3.05, 3.63) is 70.8 Å². The minimum absolute atomic E-state index is 0.0534. The largest absolute Gasteiger partial charge is 0.398 e. The van der Waals surface area contributed by atoms with E-state index in [1.807, 2.05) is 18.2 Å². The van der Waals surface area contributed by atoms with Crippen LogP contribution in [0.2, 0.25) is 0 Å². The van der Waals surface area contributed by atoms with Crippen molar-refractivity contribution >= 4 is 0 Å². The first-order valence-corrected chi connectivity index (χ1v) is 16.3. The number of nitrogens with zero attached hydrogens (tertiary/aromatic N) is 2. The van der Waals surface area contributed by atoms with Crippen molar-refractivity contribution < 1.29 is 26.3 Å². The summed E-state index contributed by atoms with van der Waals surface area (Å²) in [6, 6.07) is 16.5. The SMILES string of the molecule is CC#N.CCCN(CCc1ccccc1)C(CC)CCc1c(C2(C(F)(F)F)CCCC2)cccc1C1(C(F)(F)F)CCCC1. The molecule has 4 rings (SSSR count). The van der Waals surface area contributed by atoms with Gasteiger partial charge in [-0.05, 0) is 86.6 Å². The number of hydrogen-bond donors (Lipinski definition) is 0. The standard InChI is InChI=1S/C34H45F6N.C2H3N/c1-3-24-41(25-19-26-13-6-5-7-14-26)27(4-2)17-18-28-29(31(33(35,36)37)20-8-9-21-31)15-12-16-30(28)32(34(38,39)40)22-10-11-23-32;1-2-3/h5-7,12-16,27H,3-4,8-11,17-25H2,1-2H3;1H3. The van der Waals surface area contributed by atoms with Crippen LogP contribution in [-0.4, -0.2) is 36.4 Å². The monoisotopic (exact) mass is 622 g/mol. The van der Waals surface area contributed by atoms with E-state index < -0.39 is 23.2 Å². The molecule has 1 atom stereocenters. The van der Waals surface area contributed by atoms with E-state index >= 15 is 0 Å². The van der Waals surface area contributed by atoms with E-state index in [-0.39, 0.29) is 49.3 Å². The molecule has 8 heteroatoms. The highest BCUT2D eigenvalue weighted by Crippen LogP contribution is 2.57. The van der Waals surface area contributed by atoms with Crippen LogP contribution in [0.4, 0.5) is 26.3 Å². The maximum absolute atomic E-state index is 14.8. The number of rotatable bonds is 12. The first kappa shape index (κ1) is 35.9. The first-order valence-electron chi connectivity index (χ1n) is 16.3. The summed E-state index contributed by atoms with van der Waals surface area (Å²) in [5, 5.41) is 7.32. The highest BCUT2D eigenvalue weighted by atomic mass is 19.4. The van der Waals surface area contributed by atoms with Gasteiger partial charge in [0.15, 0.2) is 0 Å². The van der Waals surface area contributed by atoms with Gasteiger partial charge in [0.1, 0.15) is 0 Å². The molecule has 0 bridgehead atoms. The highest BCUT2D eigenvalue weighted by Gasteiger charge is 2.60. The predicted molar refractivity (Wildman–Crippen MR) is 165 cm³/mol. The van der Waals surface area contributed by atoms with Gasteiger partial charge in [-0.3, -0.25) is 0 Å². The molecule has 0 saturated heterocycles. The molecular formula is C36H48F6N2. The Morgan fingerprint density at radius 1 is 0.750 bits per heavy atom. The molecule has 2 fully saturated rings. The molecule has 0 spiro atoms. The van der Waals surface area contributed by atoms with Crippen molar-refractivity contribution in [3.8, 4) is 6.07 Å². The number of alkyl halides is 6. The molecule has 2 aliphatic carbocycles. The third-order valence-electron chi connectivity index (χ3n) is 9.96. The van der Waals surface area contributed by atoms with E-state index in [1.165, 1.54) is 30.7 Å². The lowest BCUT2D eigenvalue weighted by Crippen LogP contribution is -2.44. The third kappa shape index (κ3) is 7.81. The minimum atomic E-state index is -4.51. The lowest BCUT2D eigenvalue weighted by Gasteiger charge is -2.39. The van der Waals surface area contributed by atoms with Gasteiger partial charge in [0.05, 0.1) is 16.9 Å². The van der Waals surface area contributed by atoms with Gasteiger partial charge in [0, 0.05) is 19.5 Å². The fourth-order valence-electron chi connectivity index (χ4n) is 7.76. The van der Waals surface area contributed by atoms with Crippen molar-refractivity contribution in [3.63, 3.8) is 0 Å². The summed E-state index contributed by atoms with van der Waals surface area (Å²) in [4.78, 5) is 2.39. The minimum Gasteiger partial charge on any atom is -0.300 e. The lowest BCUT2D eigenvalue weighted by molar-refractivity contribution is -0.191. The van der Waals surface area contributed by atoms with Crippen molar-refractivity contribution in [2.45, 2.75) is 133 Å². The number of nitriles is 1. The summed E-state index contributed by atoms with van der Waals surface area (Å²) in [6.45, 7) is 7.27. The molecule has 0 aliphatic heterocycles. The lowest BCUT2D eigenvalue weighted by atomic mass is 9.68. The summed E-state index contributed by atoms with van der Waals surface area (Å²) in [6.07, 6.45) is -4.13. The van der Waals surface area contributed by atoms with E-state index in [0.717, 1.165) is 32.4 Å². The van der Waals surface area contributed by atoms with Gasteiger partial charge in [-0.15, -0.1) is 0 Å². The molecule has 1 unspecified atom stereocenters. The molecule has 2 aliphatic rings. The zero-order chi connectivity index (χ0) is 32.4. The van der Waals surface area contributed by atoms with Gasteiger partial charge in [0.25, 0.3) is 0 Å². The van der Waals surface area contributed by atoms with Crippen LogP contribution in [0.15, 0.2) is 48.5 Å². The van der Waals surface area contributed by atoms with Gasteiger partial charge in [-0.1, -0.05) is 88.1 Å². The van der Waals surface area contributed by atoms with E-state index in [1.54, 1.807) is 6.07 Å². The molecule has 2 aromatic rings. The van der Waals surface area contributed by atoms with Gasteiger partial charge < -0.3 is 4.90 Å². The Hall–Kier alpha value is -2.53. The quantitative estimate of drug-likeness (QED) is 0.220. The normalized spacial score (nSPS) is 18.5. The van der Waals surface area contributed by atoms with E-state index in [9.17, 15) is 26.3 Å². The number of benzene rings is 2. The van der Waals surface area contributed by atoms with E-state index in [4.69, 9.17) is 5.26 Å². The third-order valence-corrected chi connectivity index (χ3v) is 9.96. The number of halogens is 6. The van der Waals surface area contributed by atoms with Crippen LogP contribution < -0.4 is 0 Å². The summed E-state index contributed by atoms with van der Waals surface area (Å²) in [5.41, 5.74) is -2.38. The molecular weight excluding hydrogens is 574 g/mol. The van der Waals surface area contributed by atoms with Crippen LogP contribution in [0.5, 0.6) is 0 Å². The van der Waals surface area contributed by atoms with Crippen LogP contribution in [-0.2, 0) is 23.7 Å². The van der Waals surface area contributed by atoms with Gasteiger partial charge >= 0.3 is 12.4 Å². The van der Waals surface area contributed by atoms with Crippen LogP contribution in [0.3, 0.4) is 0 Å². The van der Waals surface area contributed by atoms with Gasteiger partial charge in [-0.25, -0.2) is 0 Å². The van der Waals surface area contributed by atoms with Crippen molar-refractivity contribution in [1.29, 1.82) is 5.26 Å². The predicted octanol–water partition coefficient (Wildman–Crippen LogP) is 10.6. The van der Waals surface area contributed by atoms with Crippen LogP contribution in [0.1, 0.15) is 114 Å². The summed E-state index contributed by atoms with van der Waals surface area (Å²) in [7, 11) is 0. The molecule has 0 heterocycles. The van der Waals surface area contributed by atoms with Crippen LogP contribution >= 0.6 is 0 Å². The Morgan fingerprint density at radius 2 is 1.23 bits per heavy atom. The molecule has 0 aromatic heterocycles. The Bertz CT molecular complexity index is 1130. The highest BCUT2D eigenvalue weighted by molar-refractivity contribution is 5.47. The Balaban J connectivity index is 0.00000169. The van der Waals surface area contributed by atoms with Crippen LogP contribution in [0.25, 0.3) is 0 Å². The zero-order valence-electron chi connectivity index (χ0n) is 26.5. The van der Waals surface area contributed by atoms with Crippen LogP contribution in [0, 0.1) is 11.3 Å². The molecule has 0 N–H and O–H groups in total. The summed E-state index contributed by atoms with van der Waals surface area (Å²) < 4.78 is 89.1. The topological polar surface area (TPSA) is 27.0 Å². The van der Waals surface area contributed by atoms with E-state index in [0.29, 0.717) is 37.7 Å². The Morgan fingerprint density at radius 3 is 1.64 bits per heavy atom. The summed E-state index contributed by atoms with van der Waals surface area (Å²) >= 11 is 0. The molecule has 0 radical (unpaired) electrons. The smallest absolute Gasteiger partial charge is 0.300 e. The number of hydrogen-bond acceptors (Lipinski definition) is 2. The second-order valence-corrected chi connectivity index (χ2v) is 12.5. The summed E-state index contributed by atoms with van der Waals surface area (Å²) in [5.74, 6) is 0. The molecule has 2 nitrogen and oxygen atoms in total. The molecule has 2 aromatic carbocycles. The Kier molecular flexibility index (Phi) is 12.8. The zero-order valence-corrected chi connectivity index (χ0v) is 26.5. The molecule has 244 valence electrons. The molecule has 44 heavy (non-hydrogen) atoms. The average molecular weight is 623 g/mol. The maximum Gasteiger partial charge on any atom is 0.398 e.